The Morgan fingerprint density at radius 1 is 1.33 bits per heavy atom. The van der Waals surface area contributed by atoms with Crippen molar-refractivity contribution >= 4 is 18.3 Å². The minimum Gasteiger partial charge on any atom is -0.497 e. The van der Waals surface area contributed by atoms with Gasteiger partial charge in [-0.2, -0.15) is 0 Å². The van der Waals surface area contributed by atoms with Gasteiger partial charge in [-0.1, -0.05) is 6.92 Å². The number of hydrogen-bond acceptors (Lipinski definition) is 4. The van der Waals surface area contributed by atoms with Crippen molar-refractivity contribution in [2.45, 2.75) is 13.3 Å². The number of benzene rings is 1. The number of carbonyl (C=O) groups is 1. The van der Waals surface area contributed by atoms with Gasteiger partial charge in [-0.3, -0.25) is 4.79 Å². The summed E-state index contributed by atoms with van der Waals surface area (Å²) in [7, 11) is 1.61. The third-order valence-corrected chi connectivity index (χ3v) is 3.83. The topological polar surface area (TPSA) is 64.8 Å². The number of carbonyl (C=O) groups excluding carboxylic acids is 1. The third kappa shape index (κ3) is 4.51. The van der Waals surface area contributed by atoms with Crippen LogP contribution in [-0.4, -0.2) is 44.2 Å². The van der Waals surface area contributed by atoms with E-state index in [-0.39, 0.29) is 30.3 Å². The van der Waals surface area contributed by atoms with E-state index in [1.807, 2.05) is 4.90 Å². The number of halogens is 1. The molecule has 0 bridgehead atoms. The Morgan fingerprint density at radius 2 is 1.95 bits per heavy atom. The van der Waals surface area contributed by atoms with Crippen molar-refractivity contribution in [3.63, 3.8) is 0 Å². The molecule has 1 aromatic rings. The van der Waals surface area contributed by atoms with E-state index in [1.54, 1.807) is 31.4 Å². The average Bonchev–Trinajstić information content (AvgIpc) is 2.89. The van der Waals surface area contributed by atoms with Gasteiger partial charge in [0.05, 0.1) is 7.11 Å². The summed E-state index contributed by atoms with van der Waals surface area (Å²) < 4.78 is 10.6. The molecule has 0 spiro atoms. The number of hydrogen-bond donors (Lipinski definition) is 1. The van der Waals surface area contributed by atoms with Gasteiger partial charge in [-0.15, -0.1) is 12.4 Å². The van der Waals surface area contributed by atoms with Crippen molar-refractivity contribution < 1.29 is 14.3 Å². The molecule has 1 aromatic carbocycles. The van der Waals surface area contributed by atoms with Gasteiger partial charge in [0.2, 0.25) is 0 Å². The van der Waals surface area contributed by atoms with Gasteiger partial charge in [-0.05, 0) is 42.6 Å². The normalized spacial score (nSPS) is 20.8. The summed E-state index contributed by atoms with van der Waals surface area (Å²) in [5.74, 6) is 1.44. The lowest BCUT2D eigenvalue weighted by Crippen LogP contribution is -2.36. The summed E-state index contributed by atoms with van der Waals surface area (Å²) in [6, 6.07) is 7.20. The number of nitrogens with zero attached hydrogens (tertiary/aromatic N) is 1. The molecule has 1 atom stereocenters. The number of nitrogens with two attached hydrogens (primary N) is 1. The monoisotopic (exact) mass is 314 g/mol. The van der Waals surface area contributed by atoms with Crippen LogP contribution in [0.1, 0.15) is 13.3 Å². The quantitative estimate of drug-likeness (QED) is 0.898. The van der Waals surface area contributed by atoms with Crippen molar-refractivity contribution in [3.05, 3.63) is 24.3 Å². The molecule has 2 rings (SSSR count). The summed E-state index contributed by atoms with van der Waals surface area (Å²) in [6.45, 7) is 4.26. The Kier molecular flexibility index (Phi) is 6.30. The molecule has 1 aliphatic heterocycles. The second kappa shape index (κ2) is 7.52. The molecule has 0 aliphatic carbocycles. The number of methoxy groups -OCH3 is 1. The predicted octanol–water partition coefficient (Wildman–Crippen LogP) is 1.69. The highest BCUT2D eigenvalue weighted by Gasteiger charge is 2.34. The van der Waals surface area contributed by atoms with Gasteiger partial charge in [0, 0.05) is 13.1 Å². The van der Waals surface area contributed by atoms with Crippen LogP contribution in [0, 0.1) is 5.41 Å². The molecule has 0 radical (unpaired) electrons. The number of rotatable bonds is 5. The predicted molar refractivity (Wildman–Crippen MR) is 84.1 cm³/mol. The molecule has 0 aromatic heterocycles. The van der Waals surface area contributed by atoms with Crippen LogP contribution in [0.5, 0.6) is 11.5 Å². The Hall–Kier alpha value is -1.46. The second-order valence-electron chi connectivity index (χ2n) is 5.54. The number of ether oxygens (including phenoxy) is 2. The molecular formula is C15H23ClN2O3. The van der Waals surface area contributed by atoms with Gasteiger partial charge < -0.3 is 20.1 Å². The van der Waals surface area contributed by atoms with Crippen molar-refractivity contribution in [3.8, 4) is 11.5 Å². The highest BCUT2D eigenvalue weighted by Crippen LogP contribution is 2.28. The third-order valence-electron chi connectivity index (χ3n) is 3.83. The van der Waals surface area contributed by atoms with E-state index in [2.05, 4.69) is 6.92 Å². The van der Waals surface area contributed by atoms with Crippen LogP contribution in [0.15, 0.2) is 24.3 Å². The van der Waals surface area contributed by atoms with Crippen LogP contribution in [0.3, 0.4) is 0 Å². The fraction of sp³-hybridized carbons (Fsp3) is 0.533. The van der Waals surface area contributed by atoms with Crippen molar-refractivity contribution in [2.75, 3.05) is 33.4 Å². The first-order chi connectivity index (χ1) is 9.56. The smallest absolute Gasteiger partial charge is 0.260 e. The first-order valence-electron chi connectivity index (χ1n) is 6.81. The van der Waals surface area contributed by atoms with Crippen LogP contribution >= 0.6 is 12.4 Å². The summed E-state index contributed by atoms with van der Waals surface area (Å²) >= 11 is 0. The SMILES string of the molecule is COc1ccc(OCC(=O)N2CCC(C)(CN)C2)cc1.Cl. The average molecular weight is 315 g/mol. The van der Waals surface area contributed by atoms with E-state index >= 15 is 0 Å². The maximum atomic E-state index is 12.1. The first kappa shape index (κ1) is 17.6. The van der Waals surface area contributed by atoms with E-state index < -0.39 is 0 Å². The van der Waals surface area contributed by atoms with Crippen molar-refractivity contribution in [2.24, 2.45) is 11.1 Å². The second-order valence-corrected chi connectivity index (χ2v) is 5.54. The first-order valence-corrected chi connectivity index (χ1v) is 6.81. The van der Waals surface area contributed by atoms with E-state index in [1.165, 1.54) is 0 Å². The Bertz CT molecular complexity index is 466. The van der Waals surface area contributed by atoms with Gasteiger partial charge in [0.25, 0.3) is 5.91 Å². The van der Waals surface area contributed by atoms with E-state index in [0.717, 1.165) is 18.7 Å². The largest absolute Gasteiger partial charge is 0.497 e. The Balaban J connectivity index is 0.00000220. The summed E-state index contributed by atoms with van der Waals surface area (Å²) in [5, 5.41) is 0. The highest BCUT2D eigenvalue weighted by molar-refractivity contribution is 5.85. The van der Waals surface area contributed by atoms with Gasteiger partial charge in [-0.25, -0.2) is 0 Å². The molecule has 1 aliphatic rings. The molecule has 6 heteroatoms. The van der Waals surface area contributed by atoms with Crippen LogP contribution in [-0.2, 0) is 4.79 Å². The van der Waals surface area contributed by atoms with Crippen LogP contribution < -0.4 is 15.2 Å². The lowest BCUT2D eigenvalue weighted by atomic mass is 9.90. The zero-order valence-electron chi connectivity index (χ0n) is 12.5. The molecule has 0 saturated carbocycles. The molecule has 2 N–H and O–H groups in total. The molecule has 21 heavy (non-hydrogen) atoms. The standard InChI is InChI=1S/C15H22N2O3.ClH/c1-15(10-16)7-8-17(11-15)14(18)9-20-13-5-3-12(19-2)4-6-13;/h3-6H,7-11,16H2,1-2H3;1H. The summed E-state index contributed by atoms with van der Waals surface area (Å²) in [4.78, 5) is 13.9. The van der Waals surface area contributed by atoms with Crippen LogP contribution in [0.4, 0.5) is 0 Å². The molecule has 1 heterocycles. The number of likely N-dealkylation sites (tertiary alicyclic amines) is 1. The fourth-order valence-electron chi connectivity index (χ4n) is 2.31. The van der Waals surface area contributed by atoms with Gasteiger partial charge >= 0.3 is 0 Å². The van der Waals surface area contributed by atoms with Crippen LogP contribution in [0.2, 0.25) is 0 Å². The molecule has 5 nitrogen and oxygen atoms in total. The zero-order valence-corrected chi connectivity index (χ0v) is 13.3. The van der Waals surface area contributed by atoms with Gasteiger partial charge in [0.1, 0.15) is 11.5 Å². The lowest BCUT2D eigenvalue weighted by Gasteiger charge is -2.22. The maximum Gasteiger partial charge on any atom is 0.260 e. The van der Waals surface area contributed by atoms with Crippen molar-refractivity contribution in [1.82, 2.24) is 4.90 Å². The van der Waals surface area contributed by atoms with E-state index in [0.29, 0.717) is 18.8 Å². The minimum atomic E-state index is 0. The zero-order chi connectivity index (χ0) is 14.6. The van der Waals surface area contributed by atoms with Gasteiger partial charge in [0.15, 0.2) is 6.61 Å². The maximum absolute atomic E-state index is 12.1. The Morgan fingerprint density at radius 3 is 2.48 bits per heavy atom. The molecule has 1 saturated heterocycles. The molecule has 1 unspecified atom stereocenters. The lowest BCUT2D eigenvalue weighted by molar-refractivity contribution is -0.132. The molecule has 118 valence electrons. The molecule has 1 amide bonds. The fourth-order valence-corrected chi connectivity index (χ4v) is 2.31. The minimum absolute atomic E-state index is 0. The highest BCUT2D eigenvalue weighted by atomic mass is 35.5. The van der Waals surface area contributed by atoms with Crippen molar-refractivity contribution in [1.29, 1.82) is 0 Å². The molecule has 1 fully saturated rings. The van der Waals surface area contributed by atoms with E-state index in [4.69, 9.17) is 15.2 Å². The summed E-state index contributed by atoms with van der Waals surface area (Å²) in [5.41, 5.74) is 5.79. The van der Waals surface area contributed by atoms with Crippen LogP contribution in [0.25, 0.3) is 0 Å². The van der Waals surface area contributed by atoms with E-state index in [9.17, 15) is 4.79 Å². The summed E-state index contributed by atoms with van der Waals surface area (Å²) in [6.07, 6.45) is 0.956. The Labute approximate surface area is 131 Å². The molecular weight excluding hydrogens is 292 g/mol. The number of amides is 1.